The van der Waals surface area contributed by atoms with Crippen LogP contribution < -0.4 is 5.73 Å². The minimum Gasteiger partial charge on any atom is -0.462 e. The van der Waals surface area contributed by atoms with E-state index in [1.807, 2.05) is 12.1 Å². The van der Waals surface area contributed by atoms with Gasteiger partial charge >= 0.3 is 5.97 Å². The maximum absolute atomic E-state index is 11.7. The number of para-hydroxylation sites is 1. The number of ether oxygens (including phenoxy) is 1. The lowest BCUT2D eigenvalue weighted by Crippen LogP contribution is -2.04. The Labute approximate surface area is 122 Å². The molecule has 0 atom stereocenters. The van der Waals surface area contributed by atoms with E-state index < -0.39 is 5.97 Å². The van der Waals surface area contributed by atoms with Crippen molar-refractivity contribution in [1.82, 2.24) is 9.78 Å². The van der Waals surface area contributed by atoms with E-state index in [9.17, 15) is 4.79 Å². The molecule has 0 amide bonds. The lowest BCUT2D eigenvalue weighted by Gasteiger charge is -2.09. The molecular formula is C15H14N4O2. The van der Waals surface area contributed by atoms with Gasteiger partial charge in [-0.1, -0.05) is 18.2 Å². The van der Waals surface area contributed by atoms with Gasteiger partial charge in [0.1, 0.15) is 0 Å². The number of aromatic nitrogens is 2. The first-order chi connectivity index (χ1) is 10.2. The third kappa shape index (κ3) is 3.09. The lowest BCUT2D eigenvalue weighted by atomic mass is 10.1. The second-order valence-electron chi connectivity index (χ2n) is 4.14. The van der Waals surface area contributed by atoms with Gasteiger partial charge in [0.25, 0.3) is 0 Å². The predicted molar refractivity (Wildman–Crippen MR) is 78.0 cm³/mol. The summed E-state index contributed by atoms with van der Waals surface area (Å²) in [6.45, 7) is 2.02. The van der Waals surface area contributed by atoms with E-state index in [2.05, 4.69) is 5.10 Å². The molecule has 0 saturated carbocycles. The Balaban J connectivity index is 2.42. The highest BCUT2D eigenvalue weighted by molar-refractivity contribution is 5.89. The molecule has 1 aromatic heterocycles. The SMILES string of the molecule is CCOC(=O)c1cnn(/C(=C\C#N)c2ccccc2N)c1. The Morgan fingerprint density at radius 1 is 1.52 bits per heavy atom. The zero-order valence-corrected chi connectivity index (χ0v) is 11.5. The van der Waals surface area contributed by atoms with Crippen molar-refractivity contribution >= 4 is 17.4 Å². The first kappa shape index (κ1) is 14.3. The molecule has 2 aromatic rings. The summed E-state index contributed by atoms with van der Waals surface area (Å²) in [5.41, 5.74) is 7.91. The summed E-state index contributed by atoms with van der Waals surface area (Å²) in [5, 5.41) is 13.0. The van der Waals surface area contributed by atoms with E-state index in [1.54, 1.807) is 25.1 Å². The molecule has 6 heteroatoms. The molecule has 0 aliphatic carbocycles. The van der Waals surface area contributed by atoms with Gasteiger partial charge in [0, 0.05) is 23.5 Å². The van der Waals surface area contributed by atoms with Crippen molar-refractivity contribution in [2.45, 2.75) is 6.92 Å². The molecule has 6 nitrogen and oxygen atoms in total. The van der Waals surface area contributed by atoms with Gasteiger partial charge in [-0.2, -0.15) is 10.4 Å². The molecule has 1 aromatic carbocycles. The van der Waals surface area contributed by atoms with Crippen LogP contribution >= 0.6 is 0 Å². The smallest absolute Gasteiger partial charge is 0.341 e. The van der Waals surface area contributed by atoms with E-state index in [-0.39, 0.29) is 6.61 Å². The number of nitrogens with zero attached hydrogens (tertiary/aromatic N) is 3. The second kappa shape index (κ2) is 6.39. The van der Waals surface area contributed by atoms with Crippen molar-refractivity contribution in [2.24, 2.45) is 0 Å². The molecule has 0 spiro atoms. The zero-order chi connectivity index (χ0) is 15.2. The zero-order valence-electron chi connectivity index (χ0n) is 11.5. The first-order valence-corrected chi connectivity index (χ1v) is 6.34. The van der Waals surface area contributed by atoms with E-state index in [0.29, 0.717) is 22.5 Å². The molecule has 21 heavy (non-hydrogen) atoms. The molecule has 0 fully saturated rings. The highest BCUT2D eigenvalue weighted by Gasteiger charge is 2.13. The molecule has 0 unspecified atom stereocenters. The Bertz CT molecular complexity index is 725. The Morgan fingerprint density at radius 3 is 2.95 bits per heavy atom. The van der Waals surface area contributed by atoms with E-state index >= 15 is 0 Å². The van der Waals surface area contributed by atoms with Gasteiger partial charge in [-0.3, -0.25) is 0 Å². The molecule has 1 heterocycles. The van der Waals surface area contributed by atoms with Crippen LogP contribution in [0.15, 0.2) is 42.7 Å². The monoisotopic (exact) mass is 282 g/mol. The van der Waals surface area contributed by atoms with Crippen molar-refractivity contribution in [3.63, 3.8) is 0 Å². The Kier molecular flexibility index (Phi) is 4.36. The van der Waals surface area contributed by atoms with Crippen LogP contribution in [0, 0.1) is 11.3 Å². The lowest BCUT2D eigenvalue weighted by molar-refractivity contribution is 0.0526. The summed E-state index contributed by atoms with van der Waals surface area (Å²) in [6, 6.07) is 9.09. The first-order valence-electron chi connectivity index (χ1n) is 6.34. The van der Waals surface area contributed by atoms with Crippen molar-refractivity contribution in [3.05, 3.63) is 53.9 Å². The Morgan fingerprint density at radius 2 is 2.29 bits per heavy atom. The summed E-state index contributed by atoms with van der Waals surface area (Å²) in [5.74, 6) is -0.457. The normalized spacial score (nSPS) is 11.0. The van der Waals surface area contributed by atoms with Crippen molar-refractivity contribution in [2.75, 3.05) is 12.3 Å². The van der Waals surface area contributed by atoms with Gasteiger partial charge in [0.2, 0.25) is 0 Å². The van der Waals surface area contributed by atoms with Crippen molar-refractivity contribution in [3.8, 4) is 6.07 Å². The van der Waals surface area contributed by atoms with Crippen LogP contribution in [0.5, 0.6) is 0 Å². The fraction of sp³-hybridized carbons (Fsp3) is 0.133. The number of anilines is 1. The van der Waals surface area contributed by atoms with Crippen LogP contribution in [-0.2, 0) is 4.74 Å². The van der Waals surface area contributed by atoms with Crippen LogP contribution in [0.3, 0.4) is 0 Å². The molecular weight excluding hydrogens is 268 g/mol. The third-order valence-corrected chi connectivity index (χ3v) is 2.78. The van der Waals surface area contributed by atoms with Gasteiger partial charge in [-0.05, 0) is 13.0 Å². The third-order valence-electron chi connectivity index (χ3n) is 2.78. The predicted octanol–water partition coefficient (Wildman–Crippen LogP) is 2.05. The number of rotatable bonds is 4. The van der Waals surface area contributed by atoms with Crippen LogP contribution in [0.1, 0.15) is 22.8 Å². The van der Waals surface area contributed by atoms with Crippen LogP contribution in [-0.4, -0.2) is 22.4 Å². The fourth-order valence-electron chi connectivity index (χ4n) is 1.83. The van der Waals surface area contributed by atoms with E-state index in [1.165, 1.54) is 23.2 Å². The molecule has 0 bridgehead atoms. The van der Waals surface area contributed by atoms with Crippen LogP contribution in [0.2, 0.25) is 0 Å². The molecule has 2 N–H and O–H groups in total. The number of nitrogen functional groups attached to an aromatic ring is 1. The van der Waals surface area contributed by atoms with Crippen molar-refractivity contribution in [1.29, 1.82) is 5.26 Å². The van der Waals surface area contributed by atoms with Crippen LogP contribution in [0.25, 0.3) is 5.70 Å². The Hall–Kier alpha value is -3.07. The number of nitrogens with two attached hydrogens (primary N) is 1. The summed E-state index contributed by atoms with van der Waals surface area (Å²) in [7, 11) is 0. The highest BCUT2D eigenvalue weighted by atomic mass is 16.5. The summed E-state index contributed by atoms with van der Waals surface area (Å²) >= 11 is 0. The largest absolute Gasteiger partial charge is 0.462 e. The van der Waals surface area contributed by atoms with Gasteiger partial charge in [0.05, 0.1) is 30.1 Å². The summed E-state index contributed by atoms with van der Waals surface area (Å²) in [6.07, 6.45) is 4.23. The maximum Gasteiger partial charge on any atom is 0.341 e. The summed E-state index contributed by atoms with van der Waals surface area (Å²) in [4.78, 5) is 11.7. The number of hydrogen-bond donors (Lipinski definition) is 1. The van der Waals surface area contributed by atoms with Gasteiger partial charge < -0.3 is 10.5 Å². The van der Waals surface area contributed by atoms with Crippen LogP contribution in [0.4, 0.5) is 5.69 Å². The standard InChI is InChI=1S/C15H14N4O2/c1-2-21-15(20)11-9-18-19(10-11)14(7-8-16)12-5-3-4-6-13(12)17/h3-7,9-10H,2,17H2,1H3/b14-7-. The fourth-order valence-corrected chi connectivity index (χ4v) is 1.83. The number of carbonyl (C=O) groups excluding carboxylic acids is 1. The highest BCUT2D eigenvalue weighted by Crippen LogP contribution is 2.22. The molecule has 0 radical (unpaired) electrons. The van der Waals surface area contributed by atoms with Gasteiger partial charge in [-0.15, -0.1) is 0 Å². The average molecular weight is 282 g/mol. The van der Waals surface area contributed by atoms with E-state index in [0.717, 1.165) is 0 Å². The molecule has 0 saturated heterocycles. The van der Waals surface area contributed by atoms with Crippen molar-refractivity contribution < 1.29 is 9.53 Å². The van der Waals surface area contributed by atoms with Gasteiger partial charge in [-0.25, -0.2) is 9.48 Å². The number of allylic oxidation sites excluding steroid dienone is 1. The minimum absolute atomic E-state index is 0.288. The minimum atomic E-state index is -0.457. The van der Waals surface area contributed by atoms with Gasteiger partial charge in [0.15, 0.2) is 0 Å². The number of carbonyl (C=O) groups is 1. The maximum atomic E-state index is 11.7. The number of benzene rings is 1. The molecule has 0 aliphatic heterocycles. The molecule has 2 rings (SSSR count). The van der Waals surface area contributed by atoms with E-state index in [4.69, 9.17) is 15.7 Å². The summed E-state index contributed by atoms with van der Waals surface area (Å²) < 4.78 is 6.34. The number of esters is 1. The average Bonchev–Trinajstić information content (AvgIpc) is 2.96. The molecule has 0 aliphatic rings. The topological polar surface area (TPSA) is 93.9 Å². The quantitative estimate of drug-likeness (QED) is 0.526. The number of hydrogen-bond acceptors (Lipinski definition) is 5. The molecule has 106 valence electrons. The second-order valence-corrected chi connectivity index (χ2v) is 4.14. The number of nitriles is 1.